The summed E-state index contributed by atoms with van der Waals surface area (Å²) in [6.45, 7) is 0. The van der Waals surface area contributed by atoms with Crippen molar-refractivity contribution in [3.8, 4) is 17.2 Å². The van der Waals surface area contributed by atoms with Crippen LogP contribution in [0.3, 0.4) is 0 Å². The molecule has 2 aromatic carbocycles. The summed E-state index contributed by atoms with van der Waals surface area (Å²) in [5, 5.41) is 28.1. The van der Waals surface area contributed by atoms with E-state index >= 15 is 0 Å². The number of aromatic hydroxyl groups is 2. The summed E-state index contributed by atoms with van der Waals surface area (Å²) in [6.07, 6.45) is 5.29. The first-order valence-electron chi connectivity index (χ1n) is 7.26. The smallest absolute Gasteiger partial charge is 0.331 e. The monoisotopic (exact) mass is 326 g/mol. The van der Waals surface area contributed by atoms with Gasteiger partial charge in [-0.2, -0.15) is 0 Å². The van der Waals surface area contributed by atoms with E-state index in [1.807, 2.05) is 0 Å². The minimum absolute atomic E-state index is 0.00116. The summed E-state index contributed by atoms with van der Waals surface area (Å²) < 4.78 is 5.02. The van der Waals surface area contributed by atoms with Gasteiger partial charge in [0.15, 0.2) is 11.5 Å². The van der Waals surface area contributed by atoms with Crippen LogP contribution in [0, 0.1) is 0 Å². The minimum Gasteiger partial charge on any atom is -0.508 e. The van der Waals surface area contributed by atoms with Crippen molar-refractivity contribution in [2.24, 2.45) is 0 Å². The van der Waals surface area contributed by atoms with Gasteiger partial charge in [0.2, 0.25) is 0 Å². The van der Waals surface area contributed by atoms with E-state index in [1.54, 1.807) is 48.6 Å². The summed E-state index contributed by atoms with van der Waals surface area (Å²) in [5.74, 6) is -0.552. The number of hydrogen-bond acceptors (Lipinski definition) is 4. The Morgan fingerprint density at radius 1 is 1.08 bits per heavy atom. The molecule has 0 fully saturated rings. The number of aliphatic carboxylic acids is 1. The molecular weight excluding hydrogens is 308 g/mol. The number of carbonyl (C=O) groups is 1. The van der Waals surface area contributed by atoms with Crippen LogP contribution < -0.4 is 4.74 Å². The Balaban J connectivity index is 2.17. The van der Waals surface area contributed by atoms with Crippen molar-refractivity contribution in [3.63, 3.8) is 0 Å². The molecule has 3 N–H and O–H groups in total. The van der Waals surface area contributed by atoms with E-state index in [0.717, 1.165) is 5.56 Å². The quantitative estimate of drug-likeness (QED) is 0.705. The number of carboxylic acids is 1. The Kier molecular flexibility index (Phi) is 5.63. The van der Waals surface area contributed by atoms with Gasteiger partial charge >= 0.3 is 5.97 Å². The van der Waals surface area contributed by atoms with Crippen LogP contribution in [-0.4, -0.2) is 28.4 Å². The summed E-state index contributed by atoms with van der Waals surface area (Å²) in [7, 11) is 1.43. The molecular formula is C19H18O5. The summed E-state index contributed by atoms with van der Waals surface area (Å²) in [4.78, 5) is 11.4. The topological polar surface area (TPSA) is 87.0 Å². The molecule has 0 aliphatic carbocycles. The fraction of sp³-hybridized carbons (Fsp3) is 0.105. The second kappa shape index (κ2) is 7.87. The molecule has 0 bridgehead atoms. The zero-order valence-electron chi connectivity index (χ0n) is 13.1. The lowest BCUT2D eigenvalue weighted by molar-refractivity contribution is -0.132. The molecule has 0 unspecified atom stereocenters. The number of ether oxygens (including phenoxy) is 1. The zero-order valence-corrected chi connectivity index (χ0v) is 13.1. The third kappa shape index (κ3) is 4.64. The highest BCUT2D eigenvalue weighted by Gasteiger charge is 2.07. The highest BCUT2D eigenvalue weighted by Crippen LogP contribution is 2.27. The van der Waals surface area contributed by atoms with Crippen molar-refractivity contribution < 1.29 is 24.9 Å². The molecule has 0 heterocycles. The van der Waals surface area contributed by atoms with Crippen LogP contribution in [0.15, 0.2) is 54.1 Å². The molecule has 0 atom stereocenters. The van der Waals surface area contributed by atoms with Gasteiger partial charge in [-0.05, 0) is 47.9 Å². The maximum atomic E-state index is 11.4. The van der Waals surface area contributed by atoms with Gasteiger partial charge in [-0.1, -0.05) is 30.4 Å². The van der Waals surface area contributed by atoms with Crippen LogP contribution in [0.1, 0.15) is 17.5 Å². The molecule has 0 saturated carbocycles. The number of hydrogen-bond donors (Lipinski definition) is 3. The molecule has 2 aromatic rings. The molecule has 0 spiro atoms. The number of methoxy groups -OCH3 is 1. The third-order valence-electron chi connectivity index (χ3n) is 3.36. The van der Waals surface area contributed by atoms with Crippen molar-refractivity contribution >= 4 is 18.1 Å². The molecule has 24 heavy (non-hydrogen) atoms. The van der Waals surface area contributed by atoms with Crippen molar-refractivity contribution in [1.29, 1.82) is 0 Å². The Morgan fingerprint density at radius 2 is 1.75 bits per heavy atom. The Hall–Kier alpha value is -3.21. The Bertz CT molecular complexity index is 773. The van der Waals surface area contributed by atoms with Gasteiger partial charge in [0.05, 0.1) is 7.11 Å². The fourth-order valence-corrected chi connectivity index (χ4v) is 2.10. The van der Waals surface area contributed by atoms with Crippen molar-refractivity contribution in [1.82, 2.24) is 0 Å². The fourth-order valence-electron chi connectivity index (χ4n) is 2.10. The summed E-state index contributed by atoms with van der Waals surface area (Å²) >= 11 is 0. The van der Waals surface area contributed by atoms with E-state index in [2.05, 4.69) is 0 Å². The Morgan fingerprint density at radius 3 is 2.38 bits per heavy atom. The second-order valence-corrected chi connectivity index (χ2v) is 5.10. The van der Waals surface area contributed by atoms with Gasteiger partial charge in [-0.25, -0.2) is 4.79 Å². The predicted octanol–water partition coefficient (Wildman–Crippen LogP) is 3.68. The van der Waals surface area contributed by atoms with E-state index in [0.29, 0.717) is 5.56 Å². The Labute approximate surface area is 139 Å². The first-order valence-corrected chi connectivity index (χ1v) is 7.26. The maximum Gasteiger partial charge on any atom is 0.331 e. The standard InChI is InChI=1S/C19H18O5/c1-24-18-12-14(7-10-17(18)21)11-15(19(22)23)4-2-3-13-5-8-16(20)9-6-13/h2-3,5-12,20-21H,4H2,1H3,(H,22,23)/b3-2+,15-11+. The predicted molar refractivity (Wildman–Crippen MR) is 92.0 cm³/mol. The first-order chi connectivity index (χ1) is 11.5. The van der Waals surface area contributed by atoms with E-state index in [1.165, 1.54) is 19.3 Å². The molecule has 5 heteroatoms. The minimum atomic E-state index is -1.02. The highest BCUT2D eigenvalue weighted by molar-refractivity contribution is 5.92. The van der Waals surface area contributed by atoms with Crippen molar-refractivity contribution in [3.05, 3.63) is 65.2 Å². The van der Waals surface area contributed by atoms with E-state index < -0.39 is 5.97 Å². The lowest BCUT2D eigenvalue weighted by Gasteiger charge is -2.05. The number of carboxylic acid groups (broad SMARTS) is 1. The highest BCUT2D eigenvalue weighted by atomic mass is 16.5. The molecule has 0 radical (unpaired) electrons. The maximum absolute atomic E-state index is 11.4. The average molecular weight is 326 g/mol. The summed E-state index contributed by atoms with van der Waals surface area (Å²) in [5.41, 5.74) is 1.70. The number of phenolic OH excluding ortho intramolecular Hbond substituents is 2. The average Bonchev–Trinajstić information content (AvgIpc) is 2.57. The van der Waals surface area contributed by atoms with Crippen molar-refractivity contribution in [2.75, 3.05) is 7.11 Å². The van der Waals surface area contributed by atoms with Crippen LogP contribution in [-0.2, 0) is 4.79 Å². The van der Waals surface area contributed by atoms with Gasteiger partial charge < -0.3 is 20.1 Å². The van der Waals surface area contributed by atoms with Gasteiger partial charge in [0, 0.05) is 5.57 Å². The van der Waals surface area contributed by atoms with Crippen LogP contribution in [0.2, 0.25) is 0 Å². The molecule has 0 aliphatic rings. The van der Waals surface area contributed by atoms with E-state index in [4.69, 9.17) is 4.74 Å². The largest absolute Gasteiger partial charge is 0.508 e. The van der Waals surface area contributed by atoms with Crippen LogP contribution in [0.5, 0.6) is 17.2 Å². The lowest BCUT2D eigenvalue weighted by Crippen LogP contribution is -1.99. The van der Waals surface area contributed by atoms with Gasteiger partial charge in [0.1, 0.15) is 5.75 Å². The van der Waals surface area contributed by atoms with Crippen LogP contribution in [0.4, 0.5) is 0 Å². The lowest BCUT2D eigenvalue weighted by atomic mass is 10.1. The number of allylic oxidation sites excluding steroid dienone is 1. The number of benzene rings is 2. The van der Waals surface area contributed by atoms with Crippen molar-refractivity contribution in [2.45, 2.75) is 6.42 Å². The second-order valence-electron chi connectivity index (χ2n) is 5.10. The van der Waals surface area contributed by atoms with Gasteiger partial charge in [-0.15, -0.1) is 0 Å². The SMILES string of the molecule is COc1cc(/C=C(\C/C=C/c2ccc(O)cc2)C(=O)O)ccc1O. The molecule has 2 rings (SSSR count). The summed E-state index contributed by atoms with van der Waals surface area (Å²) in [6, 6.07) is 11.2. The molecule has 124 valence electrons. The molecule has 0 aliphatic heterocycles. The first kappa shape index (κ1) is 17.1. The molecule has 0 aromatic heterocycles. The third-order valence-corrected chi connectivity index (χ3v) is 3.36. The normalized spacial score (nSPS) is 11.6. The number of rotatable bonds is 6. The van der Waals surface area contributed by atoms with Gasteiger partial charge in [-0.3, -0.25) is 0 Å². The van der Waals surface area contributed by atoms with Crippen LogP contribution in [0.25, 0.3) is 12.2 Å². The molecule has 0 saturated heterocycles. The van der Waals surface area contributed by atoms with Crippen LogP contribution >= 0.6 is 0 Å². The van der Waals surface area contributed by atoms with E-state index in [-0.39, 0.29) is 29.2 Å². The van der Waals surface area contributed by atoms with E-state index in [9.17, 15) is 20.1 Å². The van der Waals surface area contributed by atoms with Gasteiger partial charge in [0.25, 0.3) is 0 Å². The molecule has 5 nitrogen and oxygen atoms in total. The molecule has 0 amide bonds. The zero-order chi connectivity index (χ0) is 17.5. The number of phenols is 2.